The van der Waals surface area contributed by atoms with Gasteiger partial charge in [0.1, 0.15) is 0 Å². The summed E-state index contributed by atoms with van der Waals surface area (Å²) in [4.78, 5) is 12.1. The second-order valence-electron chi connectivity index (χ2n) is 7.63. The van der Waals surface area contributed by atoms with Gasteiger partial charge in [0.2, 0.25) is 0 Å². The maximum absolute atomic E-state index is 4.97. The number of benzene rings is 1. The minimum absolute atomic E-state index is 0.375. The van der Waals surface area contributed by atoms with Gasteiger partial charge in [0.15, 0.2) is 0 Å². The van der Waals surface area contributed by atoms with E-state index in [2.05, 4.69) is 73.1 Å². The number of aromatic nitrogens is 2. The number of hydrogen-bond acceptors (Lipinski definition) is 3. The number of rotatable bonds is 3. The number of pyridine rings is 2. The van der Waals surface area contributed by atoms with Crippen LogP contribution in [0.15, 0.2) is 42.5 Å². The molecule has 3 heterocycles. The fraction of sp³-hybridized carbons (Fsp3) is 0.391. The molecule has 4 rings (SSSR count). The standard InChI is InChI=1S/C23H27N3/c1-15-7-10-21(17(3)24-15)19-8-12-23-20(14-19)9-11-22(25-23)18(4)26-13-5-6-16(26)2/h7-12,14,16,18H,5-6,13H2,1-4H3. The molecule has 0 amide bonds. The van der Waals surface area contributed by atoms with Crippen LogP contribution in [-0.2, 0) is 0 Å². The van der Waals surface area contributed by atoms with Gasteiger partial charge in [0, 0.05) is 34.4 Å². The molecule has 0 radical (unpaired) electrons. The molecule has 3 aromatic rings. The number of nitrogens with zero attached hydrogens (tertiary/aromatic N) is 3. The Hall–Kier alpha value is -2.26. The Balaban J connectivity index is 1.68. The summed E-state index contributed by atoms with van der Waals surface area (Å²) in [5.41, 5.74) is 6.78. The quantitative estimate of drug-likeness (QED) is 0.631. The van der Waals surface area contributed by atoms with Gasteiger partial charge < -0.3 is 0 Å². The molecular weight excluding hydrogens is 318 g/mol. The van der Waals surface area contributed by atoms with Gasteiger partial charge in [0.25, 0.3) is 0 Å². The molecule has 1 aliphatic heterocycles. The molecule has 26 heavy (non-hydrogen) atoms. The largest absolute Gasteiger partial charge is 0.292 e. The average molecular weight is 345 g/mol. The minimum atomic E-state index is 0.375. The van der Waals surface area contributed by atoms with Crippen LogP contribution in [-0.4, -0.2) is 27.5 Å². The molecule has 1 saturated heterocycles. The van der Waals surface area contributed by atoms with Crippen molar-refractivity contribution in [3.05, 3.63) is 59.5 Å². The molecule has 3 heteroatoms. The second-order valence-corrected chi connectivity index (χ2v) is 7.63. The summed E-state index contributed by atoms with van der Waals surface area (Å²) in [7, 11) is 0. The van der Waals surface area contributed by atoms with Crippen LogP contribution in [0.4, 0.5) is 0 Å². The van der Waals surface area contributed by atoms with Crippen molar-refractivity contribution >= 4 is 10.9 Å². The highest BCUT2D eigenvalue weighted by Crippen LogP contribution is 2.30. The first-order valence-electron chi connectivity index (χ1n) is 9.64. The van der Waals surface area contributed by atoms with Crippen molar-refractivity contribution in [1.29, 1.82) is 0 Å². The molecule has 0 aliphatic carbocycles. The third-order valence-electron chi connectivity index (χ3n) is 5.78. The number of fused-ring (bicyclic) bond motifs is 1. The first-order chi connectivity index (χ1) is 12.5. The highest BCUT2D eigenvalue weighted by Gasteiger charge is 2.26. The molecule has 0 spiro atoms. The third-order valence-corrected chi connectivity index (χ3v) is 5.78. The maximum Gasteiger partial charge on any atom is 0.0706 e. The van der Waals surface area contributed by atoms with Crippen molar-refractivity contribution in [1.82, 2.24) is 14.9 Å². The summed E-state index contributed by atoms with van der Waals surface area (Å²) < 4.78 is 0. The molecule has 0 N–H and O–H groups in total. The topological polar surface area (TPSA) is 29.0 Å². The lowest BCUT2D eigenvalue weighted by molar-refractivity contribution is 0.201. The van der Waals surface area contributed by atoms with E-state index in [1.807, 2.05) is 6.92 Å². The highest BCUT2D eigenvalue weighted by molar-refractivity contribution is 5.85. The van der Waals surface area contributed by atoms with E-state index in [1.165, 1.54) is 41.6 Å². The van der Waals surface area contributed by atoms with E-state index < -0.39 is 0 Å². The van der Waals surface area contributed by atoms with Gasteiger partial charge in [-0.25, -0.2) is 0 Å². The van der Waals surface area contributed by atoms with E-state index in [1.54, 1.807) is 0 Å². The predicted molar refractivity (Wildman–Crippen MR) is 108 cm³/mol. The second kappa shape index (κ2) is 6.81. The highest BCUT2D eigenvalue weighted by atomic mass is 15.2. The Bertz CT molecular complexity index is 947. The van der Waals surface area contributed by atoms with Crippen LogP contribution in [0.5, 0.6) is 0 Å². The Labute approximate surface area is 156 Å². The SMILES string of the molecule is Cc1ccc(-c2ccc3nc(C(C)N4CCCC4C)ccc3c2)c(C)n1. The molecule has 1 fully saturated rings. The van der Waals surface area contributed by atoms with E-state index in [9.17, 15) is 0 Å². The van der Waals surface area contributed by atoms with Crippen LogP contribution < -0.4 is 0 Å². The Morgan fingerprint density at radius 1 is 1.04 bits per heavy atom. The Morgan fingerprint density at radius 2 is 1.88 bits per heavy atom. The van der Waals surface area contributed by atoms with E-state index in [4.69, 9.17) is 4.98 Å². The zero-order valence-electron chi connectivity index (χ0n) is 16.2. The van der Waals surface area contributed by atoms with Crippen molar-refractivity contribution in [2.45, 2.75) is 52.6 Å². The lowest BCUT2D eigenvalue weighted by Crippen LogP contribution is -2.30. The van der Waals surface area contributed by atoms with Crippen LogP contribution >= 0.6 is 0 Å². The fourth-order valence-corrected chi connectivity index (χ4v) is 4.23. The molecule has 2 atom stereocenters. The van der Waals surface area contributed by atoms with Crippen LogP contribution in [0.1, 0.15) is 49.8 Å². The number of aryl methyl sites for hydroxylation is 2. The van der Waals surface area contributed by atoms with Crippen LogP contribution in [0, 0.1) is 13.8 Å². The van der Waals surface area contributed by atoms with E-state index in [0.29, 0.717) is 12.1 Å². The van der Waals surface area contributed by atoms with Crippen molar-refractivity contribution in [3.8, 4) is 11.1 Å². The van der Waals surface area contributed by atoms with Crippen LogP contribution in [0.25, 0.3) is 22.0 Å². The fourth-order valence-electron chi connectivity index (χ4n) is 4.23. The number of hydrogen-bond donors (Lipinski definition) is 0. The van der Waals surface area contributed by atoms with Gasteiger partial charge in [-0.05, 0) is 76.9 Å². The van der Waals surface area contributed by atoms with Crippen molar-refractivity contribution in [2.24, 2.45) is 0 Å². The van der Waals surface area contributed by atoms with Crippen molar-refractivity contribution in [3.63, 3.8) is 0 Å². The monoisotopic (exact) mass is 345 g/mol. The summed E-state index contributed by atoms with van der Waals surface area (Å²) in [5, 5.41) is 1.19. The zero-order valence-corrected chi connectivity index (χ0v) is 16.2. The minimum Gasteiger partial charge on any atom is -0.292 e. The predicted octanol–water partition coefficient (Wildman–Crippen LogP) is 5.46. The summed E-state index contributed by atoms with van der Waals surface area (Å²) in [5.74, 6) is 0. The van der Waals surface area contributed by atoms with Crippen molar-refractivity contribution < 1.29 is 0 Å². The lowest BCUT2D eigenvalue weighted by atomic mass is 10.0. The molecule has 0 saturated carbocycles. The van der Waals surface area contributed by atoms with E-state index in [0.717, 1.165) is 16.9 Å². The summed E-state index contributed by atoms with van der Waals surface area (Å²) in [6.07, 6.45) is 2.59. The lowest BCUT2D eigenvalue weighted by Gasteiger charge is -2.28. The van der Waals surface area contributed by atoms with Crippen molar-refractivity contribution in [2.75, 3.05) is 6.54 Å². The van der Waals surface area contributed by atoms with Gasteiger partial charge in [0.05, 0.1) is 11.2 Å². The van der Waals surface area contributed by atoms with Gasteiger partial charge in [-0.1, -0.05) is 18.2 Å². The Kier molecular flexibility index (Phi) is 4.49. The van der Waals surface area contributed by atoms with Gasteiger partial charge in [-0.15, -0.1) is 0 Å². The summed E-state index contributed by atoms with van der Waals surface area (Å²) >= 11 is 0. The first kappa shape index (κ1) is 17.2. The molecule has 134 valence electrons. The molecule has 2 aromatic heterocycles. The molecule has 3 nitrogen and oxygen atoms in total. The zero-order chi connectivity index (χ0) is 18.3. The van der Waals surface area contributed by atoms with Crippen LogP contribution in [0.2, 0.25) is 0 Å². The molecule has 1 aliphatic rings. The molecule has 2 unspecified atom stereocenters. The maximum atomic E-state index is 4.97. The first-order valence-corrected chi connectivity index (χ1v) is 9.64. The summed E-state index contributed by atoms with van der Waals surface area (Å²) in [6, 6.07) is 16.2. The normalized spacial score (nSPS) is 19.2. The third kappa shape index (κ3) is 3.12. The van der Waals surface area contributed by atoms with E-state index >= 15 is 0 Å². The number of likely N-dealkylation sites (tertiary alicyclic amines) is 1. The summed E-state index contributed by atoms with van der Waals surface area (Å²) in [6.45, 7) is 9.90. The molecule has 0 bridgehead atoms. The van der Waals surface area contributed by atoms with Gasteiger partial charge in [-0.2, -0.15) is 0 Å². The smallest absolute Gasteiger partial charge is 0.0706 e. The molecular formula is C23H27N3. The van der Waals surface area contributed by atoms with Gasteiger partial charge in [-0.3, -0.25) is 14.9 Å². The Morgan fingerprint density at radius 3 is 2.62 bits per heavy atom. The average Bonchev–Trinajstić information content (AvgIpc) is 3.06. The van der Waals surface area contributed by atoms with Gasteiger partial charge >= 0.3 is 0 Å². The van der Waals surface area contributed by atoms with Crippen LogP contribution in [0.3, 0.4) is 0 Å². The van der Waals surface area contributed by atoms with E-state index in [-0.39, 0.29) is 0 Å². The molecule has 1 aromatic carbocycles.